The van der Waals surface area contributed by atoms with Gasteiger partial charge in [-0.15, -0.1) is 0 Å². The van der Waals surface area contributed by atoms with Crippen LogP contribution in [0.1, 0.15) is 17.2 Å². The summed E-state index contributed by atoms with van der Waals surface area (Å²) < 4.78 is 5.71. The number of benzene rings is 2. The van der Waals surface area contributed by atoms with Crippen LogP contribution in [0.5, 0.6) is 0 Å². The highest BCUT2D eigenvalue weighted by Gasteiger charge is 2.22. The molecule has 23 heavy (non-hydrogen) atoms. The van der Waals surface area contributed by atoms with Crippen molar-refractivity contribution in [3.63, 3.8) is 0 Å². The van der Waals surface area contributed by atoms with Crippen molar-refractivity contribution in [2.24, 2.45) is 0 Å². The van der Waals surface area contributed by atoms with E-state index in [9.17, 15) is 9.59 Å². The lowest BCUT2D eigenvalue weighted by molar-refractivity contribution is -0.136. The quantitative estimate of drug-likeness (QED) is 0.853. The van der Waals surface area contributed by atoms with E-state index in [1.165, 1.54) is 5.56 Å². The predicted octanol–water partition coefficient (Wildman–Crippen LogP) is 2.06. The molecule has 3 rings (SSSR count). The van der Waals surface area contributed by atoms with E-state index in [0.717, 1.165) is 12.0 Å². The third kappa shape index (κ3) is 3.76. The first kappa shape index (κ1) is 15.2. The number of carbonyl (C=O) groups is 2. The Hall–Kier alpha value is -2.66. The summed E-state index contributed by atoms with van der Waals surface area (Å²) in [7, 11) is 0. The van der Waals surface area contributed by atoms with Crippen molar-refractivity contribution in [1.29, 1.82) is 0 Å². The van der Waals surface area contributed by atoms with E-state index in [0.29, 0.717) is 12.3 Å². The number of rotatable bonds is 3. The van der Waals surface area contributed by atoms with Crippen LogP contribution in [0.2, 0.25) is 0 Å². The number of amides is 2. The fourth-order valence-electron chi connectivity index (χ4n) is 2.62. The Morgan fingerprint density at radius 3 is 2.57 bits per heavy atom. The van der Waals surface area contributed by atoms with Gasteiger partial charge in [0.05, 0.1) is 6.61 Å². The maximum atomic E-state index is 11.9. The van der Waals surface area contributed by atoms with E-state index >= 15 is 0 Å². The van der Waals surface area contributed by atoms with E-state index in [1.807, 2.05) is 24.3 Å². The van der Waals surface area contributed by atoms with E-state index in [-0.39, 0.29) is 12.6 Å². The summed E-state index contributed by atoms with van der Waals surface area (Å²) in [5.74, 6) is -1.35. The molecule has 0 saturated carbocycles. The summed E-state index contributed by atoms with van der Waals surface area (Å²) in [4.78, 5) is 23.8. The lowest BCUT2D eigenvalue weighted by atomic mass is 9.97. The normalized spacial score (nSPS) is 16.3. The molecule has 1 aliphatic rings. The third-order valence-corrected chi connectivity index (χ3v) is 3.78. The van der Waals surface area contributed by atoms with Crippen LogP contribution in [-0.2, 0) is 20.7 Å². The molecule has 0 saturated heterocycles. The number of hydrogen-bond donors (Lipinski definition) is 2. The molecule has 2 N–H and O–H groups in total. The Kier molecular flexibility index (Phi) is 4.68. The number of carbonyl (C=O) groups excluding carboxylic acids is 2. The van der Waals surface area contributed by atoms with Gasteiger partial charge in [0.1, 0.15) is 6.10 Å². The number of hydrogen-bond acceptors (Lipinski definition) is 3. The van der Waals surface area contributed by atoms with E-state index in [1.54, 1.807) is 24.3 Å². The zero-order valence-corrected chi connectivity index (χ0v) is 12.6. The van der Waals surface area contributed by atoms with E-state index in [4.69, 9.17) is 4.74 Å². The zero-order valence-electron chi connectivity index (χ0n) is 12.6. The molecule has 5 heteroatoms. The molecule has 0 radical (unpaired) electrons. The van der Waals surface area contributed by atoms with Crippen molar-refractivity contribution in [1.82, 2.24) is 5.32 Å². The first-order chi connectivity index (χ1) is 11.2. The first-order valence-electron chi connectivity index (χ1n) is 7.57. The Balaban J connectivity index is 1.56. The van der Waals surface area contributed by atoms with Crippen molar-refractivity contribution in [3.05, 3.63) is 65.7 Å². The van der Waals surface area contributed by atoms with Gasteiger partial charge in [0.25, 0.3) is 0 Å². The van der Waals surface area contributed by atoms with Crippen molar-refractivity contribution in [3.8, 4) is 0 Å². The fourth-order valence-corrected chi connectivity index (χ4v) is 2.62. The van der Waals surface area contributed by atoms with Gasteiger partial charge >= 0.3 is 11.8 Å². The maximum Gasteiger partial charge on any atom is 0.313 e. The Morgan fingerprint density at radius 2 is 1.74 bits per heavy atom. The van der Waals surface area contributed by atoms with Gasteiger partial charge in [-0.3, -0.25) is 9.59 Å². The summed E-state index contributed by atoms with van der Waals surface area (Å²) in [5.41, 5.74) is 2.89. The minimum Gasteiger partial charge on any atom is -0.371 e. The Bertz CT molecular complexity index is 700. The molecule has 0 aliphatic carbocycles. The lowest BCUT2D eigenvalue weighted by Crippen LogP contribution is -2.38. The summed E-state index contributed by atoms with van der Waals surface area (Å²) in [6, 6.07) is 16.9. The zero-order chi connectivity index (χ0) is 16.1. The summed E-state index contributed by atoms with van der Waals surface area (Å²) in [5, 5.41) is 5.19. The molecular formula is C18H18N2O3. The molecule has 0 fully saturated rings. The summed E-state index contributed by atoms with van der Waals surface area (Å²) >= 11 is 0. The molecule has 1 heterocycles. The third-order valence-electron chi connectivity index (χ3n) is 3.78. The van der Waals surface area contributed by atoms with Gasteiger partial charge in [-0.25, -0.2) is 0 Å². The monoisotopic (exact) mass is 310 g/mol. The highest BCUT2D eigenvalue weighted by atomic mass is 16.5. The second kappa shape index (κ2) is 7.07. The second-order valence-corrected chi connectivity index (χ2v) is 5.34. The number of ether oxygens (including phenoxy) is 1. The molecular weight excluding hydrogens is 292 g/mol. The number of para-hydroxylation sites is 1. The SMILES string of the molecule is O=C(NCC1OCCc2ccccc21)C(=O)Nc1ccccc1. The average molecular weight is 310 g/mol. The van der Waals surface area contributed by atoms with Crippen LogP contribution < -0.4 is 10.6 Å². The molecule has 1 unspecified atom stereocenters. The standard InChI is InChI=1S/C18H18N2O3/c21-17(18(22)20-14-7-2-1-3-8-14)19-12-16-15-9-5-4-6-13(15)10-11-23-16/h1-9,16H,10-12H2,(H,19,21)(H,20,22). The molecule has 2 aromatic rings. The second-order valence-electron chi connectivity index (χ2n) is 5.34. The van der Waals surface area contributed by atoms with Crippen LogP contribution in [0, 0.1) is 0 Å². The molecule has 0 bridgehead atoms. The van der Waals surface area contributed by atoms with Gasteiger partial charge in [-0.2, -0.15) is 0 Å². The molecule has 2 aromatic carbocycles. The van der Waals surface area contributed by atoms with Crippen LogP contribution in [0.3, 0.4) is 0 Å². The van der Waals surface area contributed by atoms with Crippen molar-refractivity contribution in [2.75, 3.05) is 18.5 Å². The van der Waals surface area contributed by atoms with Crippen molar-refractivity contribution < 1.29 is 14.3 Å². The van der Waals surface area contributed by atoms with Crippen LogP contribution in [-0.4, -0.2) is 25.0 Å². The van der Waals surface area contributed by atoms with Crippen LogP contribution in [0.25, 0.3) is 0 Å². The van der Waals surface area contributed by atoms with Crippen LogP contribution in [0.4, 0.5) is 5.69 Å². The number of fused-ring (bicyclic) bond motifs is 1. The highest BCUT2D eigenvalue weighted by Crippen LogP contribution is 2.26. The van der Waals surface area contributed by atoms with Crippen molar-refractivity contribution >= 4 is 17.5 Å². The number of anilines is 1. The molecule has 2 amide bonds. The first-order valence-corrected chi connectivity index (χ1v) is 7.57. The van der Waals surface area contributed by atoms with Gasteiger partial charge < -0.3 is 15.4 Å². The predicted molar refractivity (Wildman–Crippen MR) is 86.9 cm³/mol. The average Bonchev–Trinajstić information content (AvgIpc) is 2.60. The fraction of sp³-hybridized carbons (Fsp3) is 0.222. The van der Waals surface area contributed by atoms with Crippen molar-refractivity contribution in [2.45, 2.75) is 12.5 Å². The van der Waals surface area contributed by atoms with Gasteiger partial charge in [0, 0.05) is 12.2 Å². The molecule has 0 aromatic heterocycles. The van der Waals surface area contributed by atoms with Gasteiger partial charge in [0.2, 0.25) is 0 Å². The molecule has 0 spiro atoms. The Labute approximate surface area is 134 Å². The number of nitrogens with one attached hydrogen (secondary N) is 2. The minimum atomic E-state index is -0.680. The Morgan fingerprint density at radius 1 is 1.00 bits per heavy atom. The van der Waals surface area contributed by atoms with Crippen LogP contribution >= 0.6 is 0 Å². The lowest BCUT2D eigenvalue weighted by Gasteiger charge is -2.26. The molecule has 1 atom stereocenters. The van der Waals surface area contributed by atoms with Gasteiger partial charge in [0.15, 0.2) is 0 Å². The maximum absolute atomic E-state index is 11.9. The molecule has 5 nitrogen and oxygen atoms in total. The molecule has 1 aliphatic heterocycles. The van der Waals surface area contributed by atoms with Gasteiger partial charge in [-0.05, 0) is 29.7 Å². The largest absolute Gasteiger partial charge is 0.371 e. The summed E-state index contributed by atoms with van der Waals surface area (Å²) in [6.07, 6.45) is 0.656. The van der Waals surface area contributed by atoms with Gasteiger partial charge in [-0.1, -0.05) is 42.5 Å². The molecule has 118 valence electrons. The summed E-state index contributed by atoms with van der Waals surface area (Å²) in [6.45, 7) is 0.895. The van der Waals surface area contributed by atoms with Crippen LogP contribution in [0.15, 0.2) is 54.6 Å². The smallest absolute Gasteiger partial charge is 0.313 e. The minimum absolute atomic E-state index is 0.214. The highest BCUT2D eigenvalue weighted by molar-refractivity contribution is 6.39. The van der Waals surface area contributed by atoms with E-state index < -0.39 is 11.8 Å². The van der Waals surface area contributed by atoms with E-state index in [2.05, 4.69) is 16.7 Å². The topological polar surface area (TPSA) is 67.4 Å².